The standard InChI is InChI=1S/C16H20N4OS/c1-4-5-6-7-8-14-9-10-15(22-14)16(19-21-13(2)3)20-12-17-11-18-20/h9-13H,4-6H2,1-3H3. The van der Waals surface area contributed by atoms with Gasteiger partial charge in [0.15, 0.2) is 0 Å². The molecular formula is C16H20N4OS. The lowest BCUT2D eigenvalue weighted by Gasteiger charge is -2.06. The van der Waals surface area contributed by atoms with E-state index in [0.29, 0.717) is 5.84 Å². The number of oxime groups is 1. The number of hydrogen-bond donors (Lipinski definition) is 0. The van der Waals surface area contributed by atoms with E-state index in [1.165, 1.54) is 12.7 Å². The van der Waals surface area contributed by atoms with E-state index >= 15 is 0 Å². The Hall–Kier alpha value is -2.13. The first-order valence-corrected chi connectivity index (χ1v) is 8.20. The monoisotopic (exact) mass is 316 g/mol. The lowest BCUT2D eigenvalue weighted by atomic mass is 10.2. The summed E-state index contributed by atoms with van der Waals surface area (Å²) in [5.41, 5.74) is 0. The fraction of sp³-hybridized carbons (Fsp3) is 0.438. The Morgan fingerprint density at radius 1 is 1.45 bits per heavy atom. The minimum absolute atomic E-state index is 0.00629. The fourth-order valence-electron chi connectivity index (χ4n) is 1.61. The number of rotatable bonds is 5. The summed E-state index contributed by atoms with van der Waals surface area (Å²) < 4.78 is 1.60. The molecule has 2 heterocycles. The molecule has 0 aromatic carbocycles. The number of nitrogens with zero attached hydrogens (tertiary/aromatic N) is 4. The highest BCUT2D eigenvalue weighted by atomic mass is 32.1. The van der Waals surface area contributed by atoms with Gasteiger partial charge in [-0.3, -0.25) is 0 Å². The fourth-order valence-corrected chi connectivity index (χ4v) is 2.47. The zero-order valence-corrected chi connectivity index (χ0v) is 13.9. The first-order chi connectivity index (χ1) is 10.7. The zero-order chi connectivity index (χ0) is 15.8. The molecule has 0 saturated carbocycles. The van der Waals surface area contributed by atoms with Crippen molar-refractivity contribution in [3.8, 4) is 11.8 Å². The molecule has 0 atom stereocenters. The van der Waals surface area contributed by atoms with Gasteiger partial charge in [-0.05, 0) is 32.4 Å². The predicted molar refractivity (Wildman–Crippen MR) is 88.9 cm³/mol. The molecule has 0 N–H and O–H groups in total. The molecule has 0 fully saturated rings. The molecule has 0 radical (unpaired) electrons. The summed E-state index contributed by atoms with van der Waals surface area (Å²) >= 11 is 1.58. The van der Waals surface area contributed by atoms with E-state index in [1.807, 2.05) is 26.0 Å². The molecule has 22 heavy (non-hydrogen) atoms. The summed E-state index contributed by atoms with van der Waals surface area (Å²) in [5, 5.41) is 8.33. The molecule has 5 nitrogen and oxygen atoms in total. The van der Waals surface area contributed by atoms with E-state index in [4.69, 9.17) is 4.84 Å². The Balaban J connectivity index is 2.20. The van der Waals surface area contributed by atoms with Crippen LogP contribution in [0, 0.1) is 11.8 Å². The van der Waals surface area contributed by atoms with E-state index in [1.54, 1.807) is 22.3 Å². The Morgan fingerprint density at radius 3 is 3.00 bits per heavy atom. The van der Waals surface area contributed by atoms with Crippen LogP contribution in [-0.4, -0.2) is 26.7 Å². The van der Waals surface area contributed by atoms with Crippen LogP contribution < -0.4 is 0 Å². The van der Waals surface area contributed by atoms with Crippen molar-refractivity contribution in [1.29, 1.82) is 0 Å². The summed E-state index contributed by atoms with van der Waals surface area (Å²) in [7, 11) is 0. The van der Waals surface area contributed by atoms with E-state index < -0.39 is 0 Å². The van der Waals surface area contributed by atoms with Crippen LogP contribution in [0.5, 0.6) is 0 Å². The topological polar surface area (TPSA) is 52.3 Å². The molecule has 2 aromatic heterocycles. The third-order valence-electron chi connectivity index (χ3n) is 2.68. The van der Waals surface area contributed by atoms with Gasteiger partial charge in [0, 0.05) is 6.42 Å². The largest absolute Gasteiger partial charge is 0.391 e. The van der Waals surface area contributed by atoms with E-state index in [9.17, 15) is 0 Å². The highest BCUT2D eigenvalue weighted by Gasteiger charge is 2.11. The summed E-state index contributed by atoms with van der Waals surface area (Å²) in [6, 6.07) is 3.99. The number of unbranched alkanes of at least 4 members (excludes halogenated alkanes) is 2. The Morgan fingerprint density at radius 2 is 2.32 bits per heavy atom. The summed E-state index contributed by atoms with van der Waals surface area (Å²) in [4.78, 5) is 11.3. The van der Waals surface area contributed by atoms with E-state index in [2.05, 4.69) is 34.0 Å². The zero-order valence-electron chi connectivity index (χ0n) is 13.1. The molecule has 0 spiro atoms. The van der Waals surface area contributed by atoms with Crippen molar-refractivity contribution in [2.45, 2.75) is 46.1 Å². The van der Waals surface area contributed by atoms with Gasteiger partial charge in [-0.25, -0.2) is 4.98 Å². The summed E-state index contributed by atoms with van der Waals surface area (Å²) in [6.07, 6.45) is 6.33. The van der Waals surface area contributed by atoms with Gasteiger partial charge in [0.1, 0.15) is 18.8 Å². The maximum atomic E-state index is 5.37. The van der Waals surface area contributed by atoms with Crippen molar-refractivity contribution in [3.63, 3.8) is 0 Å². The van der Waals surface area contributed by atoms with Gasteiger partial charge in [0.05, 0.1) is 9.75 Å². The average molecular weight is 316 g/mol. The van der Waals surface area contributed by atoms with Crippen LogP contribution in [0.4, 0.5) is 0 Å². The molecule has 6 heteroatoms. The van der Waals surface area contributed by atoms with Crippen LogP contribution >= 0.6 is 11.3 Å². The molecule has 2 aromatic rings. The minimum Gasteiger partial charge on any atom is -0.391 e. The van der Waals surface area contributed by atoms with Gasteiger partial charge < -0.3 is 4.84 Å². The van der Waals surface area contributed by atoms with Crippen molar-refractivity contribution in [2.24, 2.45) is 5.16 Å². The molecule has 0 aliphatic carbocycles. The van der Waals surface area contributed by atoms with Crippen molar-refractivity contribution in [3.05, 3.63) is 34.5 Å². The lowest BCUT2D eigenvalue weighted by Crippen LogP contribution is -2.14. The van der Waals surface area contributed by atoms with Crippen molar-refractivity contribution >= 4 is 17.2 Å². The highest BCUT2D eigenvalue weighted by molar-refractivity contribution is 7.14. The quantitative estimate of drug-likeness (QED) is 0.279. The summed E-state index contributed by atoms with van der Waals surface area (Å²) in [5.74, 6) is 7.01. The maximum Gasteiger partial charge on any atom is 0.211 e. The number of thiophene rings is 1. The van der Waals surface area contributed by atoms with Crippen LogP contribution in [0.2, 0.25) is 0 Å². The Bertz CT molecular complexity index is 662. The second-order valence-electron chi connectivity index (χ2n) is 4.98. The van der Waals surface area contributed by atoms with E-state index in [-0.39, 0.29) is 6.10 Å². The molecule has 0 aliphatic rings. The van der Waals surface area contributed by atoms with Crippen LogP contribution in [0.15, 0.2) is 29.9 Å². The van der Waals surface area contributed by atoms with Gasteiger partial charge in [-0.2, -0.15) is 9.78 Å². The molecular weight excluding hydrogens is 296 g/mol. The molecule has 2 rings (SSSR count). The van der Waals surface area contributed by atoms with Crippen LogP contribution in [0.3, 0.4) is 0 Å². The Kier molecular flexibility index (Phi) is 6.16. The average Bonchev–Trinajstić information content (AvgIpc) is 3.16. The van der Waals surface area contributed by atoms with Crippen molar-refractivity contribution < 1.29 is 4.84 Å². The van der Waals surface area contributed by atoms with Gasteiger partial charge in [0.25, 0.3) is 0 Å². The molecule has 116 valence electrons. The first-order valence-electron chi connectivity index (χ1n) is 7.38. The lowest BCUT2D eigenvalue weighted by molar-refractivity contribution is 0.0852. The minimum atomic E-state index is 0.00629. The second-order valence-corrected chi connectivity index (χ2v) is 6.06. The van der Waals surface area contributed by atoms with Crippen molar-refractivity contribution in [1.82, 2.24) is 14.8 Å². The molecule has 0 amide bonds. The number of aromatic nitrogens is 3. The third kappa shape index (κ3) is 4.71. The number of hydrogen-bond acceptors (Lipinski definition) is 5. The molecule has 0 saturated heterocycles. The molecule has 0 unspecified atom stereocenters. The smallest absolute Gasteiger partial charge is 0.211 e. The van der Waals surface area contributed by atoms with Crippen LogP contribution in [-0.2, 0) is 4.84 Å². The summed E-state index contributed by atoms with van der Waals surface area (Å²) in [6.45, 7) is 6.03. The first kappa shape index (κ1) is 16.2. The van der Waals surface area contributed by atoms with Gasteiger partial charge in [-0.15, -0.1) is 11.3 Å². The van der Waals surface area contributed by atoms with Gasteiger partial charge in [-0.1, -0.05) is 30.3 Å². The Labute approximate surface area is 135 Å². The third-order valence-corrected chi connectivity index (χ3v) is 3.68. The van der Waals surface area contributed by atoms with E-state index in [0.717, 1.165) is 22.6 Å². The van der Waals surface area contributed by atoms with Crippen LogP contribution in [0.1, 0.15) is 49.8 Å². The second kappa shape index (κ2) is 8.35. The molecule has 0 aliphatic heterocycles. The maximum absolute atomic E-state index is 5.37. The SMILES string of the molecule is CCCCC#Cc1ccc(C(=NOC(C)C)n2cncn2)s1. The van der Waals surface area contributed by atoms with Crippen molar-refractivity contribution in [2.75, 3.05) is 0 Å². The normalized spacial score (nSPS) is 11.4. The van der Waals surface area contributed by atoms with Crippen LogP contribution in [0.25, 0.3) is 0 Å². The van der Waals surface area contributed by atoms with Gasteiger partial charge >= 0.3 is 0 Å². The highest BCUT2D eigenvalue weighted by Crippen LogP contribution is 2.17. The predicted octanol–water partition coefficient (Wildman–Crippen LogP) is 3.52. The molecule has 0 bridgehead atoms. The van der Waals surface area contributed by atoms with Gasteiger partial charge in [0.2, 0.25) is 5.84 Å².